The van der Waals surface area contributed by atoms with Crippen LogP contribution in [0.15, 0.2) is 24.3 Å². The minimum atomic E-state index is -5.62. The maximum Gasteiger partial charge on any atom is 0.458 e. The number of rotatable bonds is 2. The fourth-order valence-electron chi connectivity index (χ4n) is 2.19. The Morgan fingerprint density at radius 3 is 1.89 bits per heavy atom. The van der Waals surface area contributed by atoms with Crippen LogP contribution in [0.3, 0.4) is 0 Å². The Morgan fingerprint density at radius 1 is 1.05 bits per heavy atom. The van der Waals surface area contributed by atoms with Gasteiger partial charge >= 0.3 is 12.1 Å². The van der Waals surface area contributed by atoms with Gasteiger partial charge in [-0.1, -0.05) is 24.3 Å². The molecule has 106 valence electrons. The molecule has 1 fully saturated rings. The summed E-state index contributed by atoms with van der Waals surface area (Å²) in [4.78, 5) is 0. The lowest BCUT2D eigenvalue weighted by atomic mass is 9.70. The minimum absolute atomic E-state index is 0.266. The molecule has 0 radical (unpaired) electrons. The first-order chi connectivity index (χ1) is 8.56. The molecule has 0 aromatic heterocycles. The molecular weight excluding hydrogens is 269 g/mol. The summed E-state index contributed by atoms with van der Waals surface area (Å²) in [7, 11) is 0. The molecule has 1 saturated carbocycles. The van der Waals surface area contributed by atoms with E-state index in [1.807, 2.05) is 0 Å². The summed E-state index contributed by atoms with van der Waals surface area (Å²) in [5.41, 5.74) is 4.37. The number of hydrogen-bond acceptors (Lipinski definition) is 2. The molecule has 0 amide bonds. The van der Waals surface area contributed by atoms with Gasteiger partial charge in [0.2, 0.25) is 0 Å². The summed E-state index contributed by atoms with van der Waals surface area (Å²) in [6.07, 6.45) is -5.65. The highest BCUT2D eigenvalue weighted by Crippen LogP contribution is 2.45. The molecule has 7 heteroatoms. The van der Waals surface area contributed by atoms with Crippen LogP contribution < -0.4 is 5.73 Å². The van der Waals surface area contributed by atoms with Crippen LogP contribution in [0, 0.1) is 0 Å². The van der Waals surface area contributed by atoms with Crippen molar-refractivity contribution in [2.75, 3.05) is 0 Å². The van der Waals surface area contributed by atoms with E-state index in [1.165, 1.54) is 0 Å². The maximum atomic E-state index is 13.1. The van der Waals surface area contributed by atoms with Gasteiger partial charge in [-0.3, -0.25) is 0 Å². The van der Waals surface area contributed by atoms with E-state index < -0.39 is 29.3 Å². The van der Waals surface area contributed by atoms with Gasteiger partial charge in [0.05, 0.1) is 6.10 Å². The van der Waals surface area contributed by atoms with Crippen molar-refractivity contribution >= 4 is 0 Å². The first-order valence-corrected chi connectivity index (χ1v) is 5.59. The molecular formula is C12H12F5NO. The van der Waals surface area contributed by atoms with Crippen LogP contribution in [0.1, 0.15) is 24.0 Å². The minimum Gasteiger partial charge on any atom is -0.393 e. The fraction of sp³-hybridized carbons (Fsp3) is 0.500. The van der Waals surface area contributed by atoms with E-state index in [2.05, 4.69) is 0 Å². The zero-order valence-corrected chi connectivity index (χ0v) is 9.72. The maximum absolute atomic E-state index is 13.1. The molecule has 0 atom stereocenters. The first kappa shape index (κ1) is 14.2. The van der Waals surface area contributed by atoms with E-state index in [1.54, 1.807) is 0 Å². The first-order valence-electron chi connectivity index (χ1n) is 5.59. The summed E-state index contributed by atoms with van der Waals surface area (Å²) in [5.74, 6) is -4.88. The highest BCUT2D eigenvalue weighted by molar-refractivity contribution is 5.33. The van der Waals surface area contributed by atoms with E-state index in [-0.39, 0.29) is 12.8 Å². The third-order valence-electron chi connectivity index (χ3n) is 3.38. The monoisotopic (exact) mass is 281 g/mol. The molecule has 0 heterocycles. The van der Waals surface area contributed by atoms with Crippen molar-refractivity contribution in [3.8, 4) is 0 Å². The molecule has 1 aliphatic carbocycles. The van der Waals surface area contributed by atoms with Gasteiger partial charge in [-0.15, -0.1) is 0 Å². The highest BCUT2D eigenvalue weighted by atomic mass is 19.4. The second kappa shape index (κ2) is 4.14. The smallest absolute Gasteiger partial charge is 0.393 e. The molecule has 0 saturated heterocycles. The Morgan fingerprint density at radius 2 is 1.53 bits per heavy atom. The number of benzene rings is 1. The molecule has 1 aliphatic rings. The lowest BCUT2D eigenvalue weighted by Crippen LogP contribution is -2.51. The van der Waals surface area contributed by atoms with Crippen LogP contribution in [-0.2, 0) is 11.5 Å². The summed E-state index contributed by atoms with van der Waals surface area (Å²) in [6.45, 7) is 0. The highest BCUT2D eigenvalue weighted by Gasteiger charge is 2.58. The average Bonchev–Trinajstić information content (AvgIpc) is 2.26. The van der Waals surface area contributed by atoms with Crippen LogP contribution in [0.4, 0.5) is 22.0 Å². The van der Waals surface area contributed by atoms with Crippen molar-refractivity contribution in [1.82, 2.24) is 0 Å². The van der Waals surface area contributed by atoms with Crippen LogP contribution in [0.2, 0.25) is 0 Å². The van der Waals surface area contributed by atoms with Crippen LogP contribution >= 0.6 is 0 Å². The Labute approximate surface area is 106 Å². The van der Waals surface area contributed by atoms with Crippen molar-refractivity contribution in [3.63, 3.8) is 0 Å². The number of nitrogens with two attached hydrogens (primary N) is 1. The van der Waals surface area contributed by atoms with Gasteiger partial charge in [0.15, 0.2) is 0 Å². The van der Waals surface area contributed by atoms with Gasteiger partial charge in [-0.05, 0) is 18.4 Å². The summed E-state index contributed by atoms with van der Waals surface area (Å²) in [6, 6.07) is 3.76. The number of aliphatic hydroxyl groups excluding tert-OH is 1. The average molecular weight is 281 g/mol. The van der Waals surface area contributed by atoms with Gasteiger partial charge in [-0.25, -0.2) is 0 Å². The molecule has 1 aromatic rings. The molecule has 19 heavy (non-hydrogen) atoms. The molecule has 0 aliphatic heterocycles. The molecule has 0 bridgehead atoms. The van der Waals surface area contributed by atoms with Crippen LogP contribution in [-0.4, -0.2) is 17.4 Å². The number of hydrogen-bond donors (Lipinski definition) is 2. The van der Waals surface area contributed by atoms with Crippen molar-refractivity contribution in [2.45, 2.75) is 36.6 Å². The zero-order chi connectivity index (χ0) is 14.5. The van der Waals surface area contributed by atoms with Gasteiger partial charge in [0.1, 0.15) is 0 Å². The van der Waals surface area contributed by atoms with Gasteiger partial charge < -0.3 is 10.8 Å². The van der Waals surface area contributed by atoms with E-state index in [9.17, 15) is 27.1 Å². The summed E-state index contributed by atoms with van der Waals surface area (Å²) >= 11 is 0. The number of alkyl halides is 5. The van der Waals surface area contributed by atoms with E-state index in [0.29, 0.717) is 5.56 Å². The zero-order valence-electron chi connectivity index (χ0n) is 9.72. The lowest BCUT2D eigenvalue weighted by molar-refractivity contribution is -0.289. The normalized spacial score (nSPS) is 28.1. The number of aliphatic hydroxyl groups is 1. The Balaban J connectivity index is 2.25. The van der Waals surface area contributed by atoms with Gasteiger partial charge in [-0.2, -0.15) is 22.0 Å². The van der Waals surface area contributed by atoms with E-state index >= 15 is 0 Å². The predicted molar refractivity (Wildman–Crippen MR) is 57.5 cm³/mol. The third-order valence-corrected chi connectivity index (χ3v) is 3.38. The Hall–Kier alpha value is -1.21. The Bertz CT molecular complexity index is 462. The topological polar surface area (TPSA) is 46.2 Å². The van der Waals surface area contributed by atoms with Crippen molar-refractivity contribution in [2.24, 2.45) is 5.73 Å². The van der Waals surface area contributed by atoms with E-state index in [4.69, 9.17) is 5.73 Å². The van der Waals surface area contributed by atoms with E-state index in [0.717, 1.165) is 24.3 Å². The quantitative estimate of drug-likeness (QED) is 0.819. The third kappa shape index (κ3) is 2.32. The van der Waals surface area contributed by atoms with Gasteiger partial charge in [0, 0.05) is 11.1 Å². The SMILES string of the molecule is NC1(c2ccc(C(F)(F)C(F)(F)F)cc2)CC(O)C1. The Kier molecular flexibility index (Phi) is 3.10. The second-order valence-corrected chi connectivity index (χ2v) is 4.87. The van der Waals surface area contributed by atoms with Crippen molar-refractivity contribution < 1.29 is 27.1 Å². The van der Waals surface area contributed by atoms with Crippen LogP contribution in [0.5, 0.6) is 0 Å². The molecule has 1 aromatic carbocycles. The predicted octanol–water partition coefficient (Wildman–Crippen LogP) is 2.65. The molecule has 3 N–H and O–H groups in total. The molecule has 2 rings (SSSR count). The van der Waals surface area contributed by atoms with Crippen molar-refractivity contribution in [3.05, 3.63) is 35.4 Å². The van der Waals surface area contributed by atoms with Crippen molar-refractivity contribution in [1.29, 1.82) is 0 Å². The summed E-state index contributed by atoms with van der Waals surface area (Å²) in [5, 5.41) is 9.19. The standard InChI is InChI=1S/C12H12F5NO/c13-11(14,12(15,16)17)8-3-1-7(2-4-8)10(18)5-9(19)6-10/h1-4,9,19H,5-6,18H2. The fourth-order valence-corrected chi connectivity index (χ4v) is 2.19. The van der Waals surface area contributed by atoms with Crippen LogP contribution in [0.25, 0.3) is 0 Å². The van der Waals surface area contributed by atoms with Gasteiger partial charge in [0.25, 0.3) is 0 Å². The summed E-state index contributed by atoms with van der Waals surface area (Å²) < 4.78 is 62.6. The second-order valence-electron chi connectivity index (χ2n) is 4.87. The molecule has 0 unspecified atom stereocenters. The largest absolute Gasteiger partial charge is 0.458 e. The lowest BCUT2D eigenvalue weighted by Gasteiger charge is -2.42. The molecule has 0 spiro atoms. The number of halogens is 5. The molecule has 2 nitrogen and oxygen atoms in total.